The second kappa shape index (κ2) is 11.0. The molecule has 0 aromatic heterocycles. The quantitative estimate of drug-likeness (QED) is 0.302. The second-order valence-corrected chi connectivity index (χ2v) is 8.60. The predicted octanol–water partition coefficient (Wildman–Crippen LogP) is 1.87. The third kappa shape index (κ3) is 6.48. The van der Waals surface area contributed by atoms with Gasteiger partial charge in [0.05, 0.1) is 0 Å². The van der Waals surface area contributed by atoms with Crippen LogP contribution in [0.15, 0.2) is 48.5 Å². The van der Waals surface area contributed by atoms with Crippen molar-refractivity contribution in [2.24, 2.45) is 5.73 Å². The van der Waals surface area contributed by atoms with Gasteiger partial charge in [-0.05, 0) is 36.1 Å². The molecule has 1 aliphatic rings. The molecule has 0 saturated carbocycles. The Morgan fingerprint density at radius 3 is 2.56 bits per heavy atom. The van der Waals surface area contributed by atoms with Crippen LogP contribution in [-0.4, -0.2) is 53.3 Å². The summed E-state index contributed by atoms with van der Waals surface area (Å²) in [5.41, 5.74) is 7.75. The van der Waals surface area contributed by atoms with Gasteiger partial charge >= 0.3 is 5.97 Å². The molecule has 32 heavy (non-hydrogen) atoms. The maximum absolute atomic E-state index is 13.1. The fraction of sp³-hybridized carbons (Fsp3) is 0.348. The molecule has 0 spiro atoms. The normalized spacial score (nSPS) is 18.7. The Morgan fingerprint density at radius 1 is 1.19 bits per heavy atom. The molecule has 0 unspecified atom stereocenters. The summed E-state index contributed by atoms with van der Waals surface area (Å²) in [4.78, 5) is 35.8. The lowest BCUT2D eigenvalue weighted by Gasteiger charge is -2.18. The van der Waals surface area contributed by atoms with Crippen molar-refractivity contribution < 1.29 is 19.5 Å². The first kappa shape index (κ1) is 23.6. The van der Waals surface area contributed by atoms with Crippen LogP contribution in [0, 0.1) is 0 Å². The molecule has 6 N–H and O–H groups in total. The van der Waals surface area contributed by atoms with Crippen LogP contribution < -0.4 is 21.7 Å². The van der Waals surface area contributed by atoms with Crippen molar-refractivity contribution in [3.8, 4) is 11.1 Å². The topological polar surface area (TPSA) is 134 Å². The van der Waals surface area contributed by atoms with Crippen LogP contribution in [0.3, 0.4) is 0 Å². The minimum atomic E-state index is -1.22. The summed E-state index contributed by atoms with van der Waals surface area (Å²) in [6, 6.07) is 13.9. The summed E-state index contributed by atoms with van der Waals surface area (Å²) in [7, 11) is 0. The lowest BCUT2D eigenvalue weighted by molar-refractivity contribution is -0.139. The Bertz CT molecular complexity index is 970. The van der Waals surface area contributed by atoms with E-state index in [1.807, 2.05) is 42.5 Å². The smallest absolute Gasteiger partial charge is 0.326 e. The molecule has 0 bridgehead atoms. The van der Waals surface area contributed by atoms with Crippen LogP contribution >= 0.6 is 12.6 Å². The van der Waals surface area contributed by atoms with Gasteiger partial charge in [0.1, 0.15) is 6.04 Å². The monoisotopic (exact) mass is 456 g/mol. The molecule has 2 aromatic carbocycles. The molecule has 170 valence electrons. The summed E-state index contributed by atoms with van der Waals surface area (Å²) in [5.74, 6) is -2.37. The van der Waals surface area contributed by atoms with Gasteiger partial charge < -0.3 is 26.8 Å². The molecular formula is C23H28N4O4S. The third-order valence-corrected chi connectivity index (χ3v) is 5.78. The SMILES string of the molecule is NC(=O)CC[C@H](NC(=O)c1cc(NC[C@@H]2C[C@H](S)CN2)ccc1-c1ccccc1)C(=O)O. The number of hydrogen-bond acceptors (Lipinski definition) is 6. The van der Waals surface area contributed by atoms with Crippen molar-refractivity contribution in [2.75, 3.05) is 18.4 Å². The minimum Gasteiger partial charge on any atom is -0.480 e. The molecule has 2 aromatic rings. The zero-order chi connectivity index (χ0) is 23.1. The lowest BCUT2D eigenvalue weighted by atomic mass is 9.98. The molecule has 0 radical (unpaired) electrons. The van der Waals surface area contributed by atoms with Gasteiger partial charge in [-0.1, -0.05) is 36.4 Å². The van der Waals surface area contributed by atoms with Crippen LogP contribution in [0.4, 0.5) is 5.69 Å². The van der Waals surface area contributed by atoms with Gasteiger partial charge in [-0.2, -0.15) is 12.6 Å². The van der Waals surface area contributed by atoms with E-state index >= 15 is 0 Å². The Kier molecular flexibility index (Phi) is 8.13. The summed E-state index contributed by atoms with van der Waals surface area (Å²) < 4.78 is 0. The molecule has 0 aliphatic carbocycles. The zero-order valence-electron chi connectivity index (χ0n) is 17.6. The third-order valence-electron chi connectivity index (χ3n) is 5.38. The van der Waals surface area contributed by atoms with Crippen LogP contribution in [0.1, 0.15) is 29.6 Å². The first-order valence-corrected chi connectivity index (χ1v) is 11.0. The van der Waals surface area contributed by atoms with E-state index in [-0.39, 0.29) is 18.9 Å². The Labute approximate surface area is 192 Å². The molecule has 9 heteroatoms. The maximum Gasteiger partial charge on any atom is 0.326 e. The number of amides is 2. The van der Waals surface area contributed by atoms with Crippen molar-refractivity contribution >= 4 is 36.1 Å². The van der Waals surface area contributed by atoms with Gasteiger partial charge in [0.15, 0.2) is 0 Å². The van der Waals surface area contributed by atoms with E-state index in [0.29, 0.717) is 22.9 Å². The summed E-state index contributed by atoms with van der Waals surface area (Å²) >= 11 is 4.49. The summed E-state index contributed by atoms with van der Waals surface area (Å²) in [6.45, 7) is 1.54. The van der Waals surface area contributed by atoms with Crippen LogP contribution in [0.2, 0.25) is 0 Å². The molecule has 8 nitrogen and oxygen atoms in total. The standard InChI is InChI=1S/C23H28N4O4S/c24-21(28)9-8-20(23(30)31)27-22(29)19-11-15(25-12-16-10-17(32)13-26-16)6-7-18(19)14-4-2-1-3-5-14/h1-7,11,16-17,20,25-26,32H,8-10,12-13H2,(H2,24,28)(H,27,29)(H,30,31)/t16-,17-,20-/m0/s1. The number of nitrogens with one attached hydrogen (secondary N) is 3. The number of primary amides is 1. The number of hydrogen-bond donors (Lipinski definition) is 6. The van der Waals surface area contributed by atoms with E-state index in [1.165, 1.54) is 0 Å². The molecule has 3 rings (SSSR count). The van der Waals surface area contributed by atoms with Crippen LogP contribution in [-0.2, 0) is 9.59 Å². The molecule has 3 atom stereocenters. The summed E-state index contributed by atoms with van der Waals surface area (Å²) in [5, 5.41) is 19.1. The fourth-order valence-corrected chi connectivity index (χ4v) is 4.05. The van der Waals surface area contributed by atoms with Crippen LogP contribution in [0.5, 0.6) is 0 Å². The van der Waals surface area contributed by atoms with Crippen molar-refractivity contribution in [3.05, 3.63) is 54.1 Å². The number of carbonyl (C=O) groups is 3. The number of carboxylic acid groups (broad SMARTS) is 1. The van der Waals surface area contributed by atoms with Gasteiger partial charge in [-0.25, -0.2) is 4.79 Å². The molecule has 2 amide bonds. The number of benzene rings is 2. The Balaban J connectivity index is 1.83. The van der Waals surface area contributed by atoms with E-state index in [0.717, 1.165) is 24.2 Å². The average molecular weight is 457 g/mol. The molecule has 1 fully saturated rings. The van der Waals surface area contributed by atoms with E-state index in [4.69, 9.17) is 5.73 Å². The van der Waals surface area contributed by atoms with Crippen molar-refractivity contribution in [1.82, 2.24) is 10.6 Å². The minimum absolute atomic E-state index is 0.0761. The van der Waals surface area contributed by atoms with Crippen molar-refractivity contribution in [1.29, 1.82) is 0 Å². The van der Waals surface area contributed by atoms with E-state index < -0.39 is 23.8 Å². The van der Waals surface area contributed by atoms with Gasteiger partial charge in [-0.15, -0.1) is 0 Å². The largest absolute Gasteiger partial charge is 0.480 e. The highest BCUT2D eigenvalue weighted by atomic mass is 32.1. The maximum atomic E-state index is 13.1. The number of carbonyl (C=O) groups excluding carboxylic acids is 2. The van der Waals surface area contributed by atoms with Crippen molar-refractivity contribution in [3.63, 3.8) is 0 Å². The number of nitrogens with two attached hydrogens (primary N) is 1. The average Bonchev–Trinajstić information content (AvgIpc) is 3.20. The molecule has 1 heterocycles. The van der Waals surface area contributed by atoms with Gasteiger partial charge in [0.2, 0.25) is 5.91 Å². The zero-order valence-corrected chi connectivity index (χ0v) is 18.5. The first-order valence-electron chi connectivity index (χ1n) is 10.5. The highest BCUT2D eigenvalue weighted by molar-refractivity contribution is 7.81. The van der Waals surface area contributed by atoms with E-state index in [2.05, 4.69) is 28.6 Å². The number of carboxylic acids is 1. The number of anilines is 1. The lowest BCUT2D eigenvalue weighted by Crippen LogP contribution is -2.41. The predicted molar refractivity (Wildman–Crippen MR) is 127 cm³/mol. The van der Waals surface area contributed by atoms with Crippen LogP contribution in [0.25, 0.3) is 11.1 Å². The highest BCUT2D eigenvalue weighted by Gasteiger charge is 2.24. The fourth-order valence-electron chi connectivity index (χ4n) is 3.69. The van der Waals surface area contributed by atoms with E-state index in [1.54, 1.807) is 6.07 Å². The first-order chi connectivity index (χ1) is 15.3. The Morgan fingerprint density at radius 2 is 1.94 bits per heavy atom. The molecule has 1 aliphatic heterocycles. The number of rotatable bonds is 10. The number of aliphatic carboxylic acids is 1. The number of thiol groups is 1. The summed E-state index contributed by atoms with van der Waals surface area (Å²) in [6.07, 6.45) is 0.740. The molecule has 1 saturated heterocycles. The second-order valence-electron chi connectivity index (χ2n) is 7.87. The highest BCUT2D eigenvalue weighted by Crippen LogP contribution is 2.27. The van der Waals surface area contributed by atoms with E-state index in [9.17, 15) is 19.5 Å². The molecular weight excluding hydrogens is 428 g/mol. The van der Waals surface area contributed by atoms with Gasteiger partial charge in [-0.3, -0.25) is 9.59 Å². The Hall–Kier alpha value is -3.04. The van der Waals surface area contributed by atoms with Gasteiger partial charge in [0, 0.05) is 42.1 Å². The van der Waals surface area contributed by atoms with Crippen molar-refractivity contribution in [2.45, 2.75) is 36.6 Å². The van der Waals surface area contributed by atoms with Gasteiger partial charge in [0.25, 0.3) is 5.91 Å².